The first-order valence-corrected chi connectivity index (χ1v) is 9.17. The van der Waals surface area contributed by atoms with Crippen LogP contribution in [-0.2, 0) is 19.3 Å². The summed E-state index contributed by atoms with van der Waals surface area (Å²) in [4.78, 5) is 0. The lowest BCUT2D eigenvalue weighted by atomic mass is 9.77. The molecule has 3 aromatic rings. The molecule has 0 aromatic heterocycles. The van der Waals surface area contributed by atoms with Gasteiger partial charge >= 0.3 is 0 Å². The minimum absolute atomic E-state index is 0.0653. The van der Waals surface area contributed by atoms with Crippen molar-refractivity contribution in [2.45, 2.75) is 19.3 Å². The highest BCUT2D eigenvalue weighted by Gasteiger charge is 2.45. The topological polar surface area (TPSA) is 60.7 Å². The van der Waals surface area contributed by atoms with Crippen LogP contribution in [0.2, 0.25) is 0 Å². The zero-order valence-corrected chi connectivity index (χ0v) is 14.8. The van der Waals surface area contributed by atoms with Gasteiger partial charge in [0.1, 0.15) is 17.2 Å². The molecule has 0 aliphatic heterocycles. The molecule has 2 aliphatic carbocycles. The van der Waals surface area contributed by atoms with Gasteiger partial charge in [-0.3, -0.25) is 0 Å². The Morgan fingerprint density at radius 1 is 0.630 bits per heavy atom. The Morgan fingerprint density at radius 3 is 2.00 bits per heavy atom. The number of allylic oxidation sites excluding steroid dienone is 1. The molecule has 1 unspecified atom stereocenters. The number of fused-ring (bicyclic) bond motifs is 2. The smallest absolute Gasteiger partial charge is 0.116 e. The fourth-order valence-corrected chi connectivity index (χ4v) is 4.74. The van der Waals surface area contributed by atoms with Crippen LogP contribution in [0.1, 0.15) is 27.8 Å². The standard InChI is InChI=1S/C24H20O3/c25-19-5-1-15(2-6-19)9-23-22-11-21(27)8-4-17(22)13-24(23)12-16-3-7-20(26)10-18(16)14-24/h1-11,25-27H,12-14H2/b23-9+. The first kappa shape index (κ1) is 16.0. The molecule has 3 nitrogen and oxygen atoms in total. The van der Waals surface area contributed by atoms with E-state index >= 15 is 0 Å². The molecule has 5 rings (SSSR count). The van der Waals surface area contributed by atoms with Crippen molar-refractivity contribution in [3.05, 3.63) is 88.5 Å². The Balaban J connectivity index is 1.66. The summed E-state index contributed by atoms with van der Waals surface area (Å²) in [7, 11) is 0. The molecule has 0 heterocycles. The maximum Gasteiger partial charge on any atom is 0.116 e. The van der Waals surface area contributed by atoms with Crippen LogP contribution in [0, 0.1) is 5.41 Å². The quantitative estimate of drug-likeness (QED) is 0.593. The number of benzene rings is 3. The molecule has 134 valence electrons. The number of hydrogen-bond acceptors (Lipinski definition) is 3. The second kappa shape index (κ2) is 5.65. The van der Waals surface area contributed by atoms with E-state index in [0.29, 0.717) is 5.75 Å². The van der Waals surface area contributed by atoms with Crippen molar-refractivity contribution in [1.29, 1.82) is 0 Å². The Morgan fingerprint density at radius 2 is 1.22 bits per heavy atom. The molecule has 0 amide bonds. The molecule has 1 spiro atoms. The van der Waals surface area contributed by atoms with Crippen molar-refractivity contribution in [2.75, 3.05) is 0 Å². The molecule has 3 heteroatoms. The van der Waals surface area contributed by atoms with Crippen molar-refractivity contribution < 1.29 is 15.3 Å². The van der Waals surface area contributed by atoms with E-state index in [4.69, 9.17) is 0 Å². The average molecular weight is 356 g/mol. The highest BCUT2D eigenvalue weighted by Crippen LogP contribution is 2.55. The molecule has 3 N–H and O–H groups in total. The molecule has 3 aromatic carbocycles. The van der Waals surface area contributed by atoms with Crippen LogP contribution in [0.3, 0.4) is 0 Å². The third-order valence-electron chi connectivity index (χ3n) is 5.94. The van der Waals surface area contributed by atoms with Gasteiger partial charge in [0.15, 0.2) is 0 Å². The molecule has 0 radical (unpaired) electrons. The highest BCUT2D eigenvalue weighted by molar-refractivity contribution is 5.90. The van der Waals surface area contributed by atoms with Crippen LogP contribution in [0.15, 0.2) is 60.7 Å². The Labute approximate surface area is 157 Å². The van der Waals surface area contributed by atoms with E-state index in [1.54, 1.807) is 24.3 Å². The maximum atomic E-state index is 10.1. The minimum atomic E-state index is -0.0653. The zero-order valence-electron chi connectivity index (χ0n) is 14.8. The van der Waals surface area contributed by atoms with E-state index in [1.165, 1.54) is 22.3 Å². The second-order valence-electron chi connectivity index (χ2n) is 7.75. The molecule has 1 atom stereocenters. The van der Waals surface area contributed by atoms with Crippen molar-refractivity contribution in [3.8, 4) is 17.2 Å². The molecule has 0 fully saturated rings. The van der Waals surface area contributed by atoms with Crippen LogP contribution in [0.25, 0.3) is 11.6 Å². The highest BCUT2D eigenvalue weighted by atomic mass is 16.3. The largest absolute Gasteiger partial charge is 0.508 e. The van der Waals surface area contributed by atoms with Crippen molar-refractivity contribution >= 4 is 11.6 Å². The normalized spacial score (nSPS) is 21.6. The maximum absolute atomic E-state index is 10.1. The Hall–Kier alpha value is -3.20. The van der Waals surface area contributed by atoms with E-state index in [9.17, 15) is 15.3 Å². The predicted octanol–water partition coefficient (Wildman–Crippen LogP) is 4.69. The lowest BCUT2D eigenvalue weighted by Crippen LogP contribution is -2.20. The number of phenolic OH excluding ortho intramolecular Hbond substituents is 3. The van der Waals surface area contributed by atoms with Gasteiger partial charge in [-0.05, 0) is 89.1 Å². The first-order valence-electron chi connectivity index (χ1n) is 9.17. The molecule has 0 bridgehead atoms. The number of aromatic hydroxyl groups is 3. The van der Waals surface area contributed by atoms with Gasteiger partial charge < -0.3 is 15.3 Å². The summed E-state index contributed by atoms with van der Waals surface area (Å²) in [5, 5.41) is 29.5. The van der Waals surface area contributed by atoms with E-state index in [2.05, 4.69) is 6.08 Å². The predicted molar refractivity (Wildman–Crippen MR) is 106 cm³/mol. The molecule has 0 saturated carbocycles. The van der Waals surface area contributed by atoms with E-state index in [0.717, 1.165) is 30.4 Å². The summed E-state index contributed by atoms with van der Waals surface area (Å²) in [5.41, 5.74) is 7.00. The van der Waals surface area contributed by atoms with E-state index < -0.39 is 0 Å². The Bertz CT molecular complexity index is 1080. The van der Waals surface area contributed by atoms with Crippen molar-refractivity contribution in [1.82, 2.24) is 0 Å². The summed E-state index contributed by atoms with van der Waals surface area (Å²) in [6.45, 7) is 0. The van der Waals surface area contributed by atoms with Crippen LogP contribution < -0.4 is 0 Å². The number of hydrogen-bond donors (Lipinski definition) is 3. The molecular formula is C24H20O3. The molecule has 27 heavy (non-hydrogen) atoms. The van der Waals surface area contributed by atoms with Gasteiger partial charge in [-0.25, -0.2) is 0 Å². The average Bonchev–Trinajstić information content (AvgIpc) is 3.14. The second-order valence-corrected chi connectivity index (χ2v) is 7.75. The molecule has 2 aliphatic rings. The molecule has 0 saturated heterocycles. The van der Waals surface area contributed by atoms with Crippen molar-refractivity contribution in [2.24, 2.45) is 5.41 Å². The Kier molecular flexibility index (Phi) is 3.35. The minimum Gasteiger partial charge on any atom is -0.508 e. The van der Waals surface area contributed by atoms with Crippen LogP contribution in [0.5, 0.6) is 17.2 Å². The summed E-state index contributed by atoms with van der Waals surface area (Å²) < 4.78 is 0. The fraction of sp³-hybridized carbons (Fsp3) is 0.167. The molecular weight excluding hydrogens is 336 g/mol. The lowest BCUT2D eigenvalue weighted by molar-refractivity contribution is 0.441. The van der Waals surface area contributed by atoms with Gasteiger partial charge in [0.2, 0.25) is 0 Å². The summed E-state index contributed by atoms with van der Waals surface area (Å²) >= 11 is 0. The van der Waals surface area contributed by atoms with Gasteiger partial charge in [-0.15, -0.1) is 0 Å². The van der Waals surface area contributed by atoms with Gasteiger partial charge in [0.25, 0.3) is 0 Å². The van der Waals surface area contributed by atoms with E-state index in [1.807, 2.05) is 36.4 Å². The van der Waals surface area contributed by atoms with Gasteiger partial charge in [0, 0.05) is 5.41 Å². The SMILES string of the molecule is Oc1ccc(/C=C2\c3cc(O)ccc3CC23Cc2ccc(O)cc2C3)cc1. The van der Waals surface area contributed by atoms with Gasteiger partial charge in [0.05, 0.1) is 0 Å². The van der Waals surface area contributed by atoms with Crippen LogP contribution >= 0.6 is 0 Å². The first-order chi connectivity index (χ1) is 13.0. The van der Waals surface area contributed by atoms with Gasteiger partial charge in [-0.2, -0.15) is 0 Å². The van der Waals surface area contributed by atoms with Gasteiger partial charge in [-0.1, -0.05) is 30.3 Å². The van der Waals surface area contributed by atoms with E-state index in [-0.39, 0.29) is 16.9 Å². The lowest BCUT2D eigenvalue weighted by Gasteiger charge is -2.26. The third kappa shape index (κ3) is 2.58. The zero-order chi connectivity index (χ0) is 18.6. The van der Waals surface area contributed by atoms with Crippen LogP contribution in [-0.4, -0.2) is 15.3 Å². The van der Waals surface area contributed by atoms with Crippen molar-refractivity contribution in [3.63, 3.8) is 0 Å². The van der Waals surface area contributed by atoms with Crippen LogP contribution in [0.4, 0.5) is 0 Å². The number of rotatable bonds is 1. The summed E-state index contributed by atoms with van der Waals surface area (Å²) in [6.07, 6.45) is 4.89. The summed E-state index contributed by atoms with van der Waals surface area (Å²) in [5.74, 6) is 0.832. The third-order valence-corrected chi connectivity index (χ3v) is 5.94. The number of phenols is 3. The monoisotopic (exact) mass is 356 g/mol. The fourth-order valence-electron chi connectivity index (χ4n) is 4.74. The summed E-state index contributed by atoms with van der Waals surface area (Å²) in [6, 6.07) is 18.5.